The molecule has 110 valence electrons. The molecular weight excluding hydrogens is 266 g/mol. The molecule has 0 saturated carbocycles. The van der Waals surface area contributed by atoms with Crippen LogP contribution < -0.4 is 0 Å². The molecule has 0 saturated heterocycles. The third-order valence-electron chi connectivity index (χ3n) is 4.76. The molecule has 3 aromatic rings. The average molecular weight is 287 g/mol. The normalized spacial score (nSPS) is 13.9. The van der Waals surface area contributed by atoms with Crippen LogP contribution in [0.1, 0.15) is 29.5 Å². The summed E-state index contributed by atoms with van der Waals surface area (Å²) >= 11 is 0. The molecule has 0 aliphatic heterocycles. The van der Waals surface area contributed by atoms with Gasteiger partial charge < -0.3 is 4.98 Å². The van der Waals surface area contributed by atoms with Crippen LogP contribution in [0.25, 0.3) is 22.4 Å². The molecule has 1 aliphatic rings. The first-order chi connectivity index (χ1) is 10.8. The van der Waals surface area contributed by atoms with Gasteiger partial charge in [0.15, 0.2) is 0 Å². The first kappa shape index (κ1) is 13.4. The van der Waals surface area contributed by atoms with Crippen LogP contribution in [-0.2, 0) is 12.8 Å². The maximum absolute atomic E-state index is 3.56. The van der Waals surface area contributed by atoms with Crippen LogP contribution in [-0.4, -0.2) is 4.98 Å². The number of rotatable bonds is 1. The first-order valence-corrected chi connectivity index (χ1v) is 8.18. The van der Waals surface area contributed by atoms with Gasteiger partial charge in [-0.2, -0.15) is 0 Å². The molecule has 1 heterocycles. The summed E-state index contributed by atoms with van der Waals surface area (Å²) in [4.78, 5) is 3.56. The molecule has 0 amide bonds. The lowest BCUT2D eigenvalue weighted by atomic mass is 9.89. The van der Waals surface area contributed by atoms with Gasteiger partial charge in [-0.15, -0.1) is 0 Å². The molecule has 1 aromatic heterocycles. The van der Waals surface area contributed by atoms with Gasteiger partial charge in [-0.25, -0.2) is 0 Å². The van der Waals surface area contributed by atoms with Gasteiger partial charge in [0, 0.05) is 23.0 Å². The van der Waals surface area contributed by atoms with Crippen LogP contribution >= 0.6 is 0 Å². The van der Waals surface area contributed by atoms with Crippen molar-refractivity contribution in [3.63, 3.8) is 0 Å². The van der Waals surface area contributed by atoms with Crippen molar-refractivity contribution < 1.29 is 0 Å². The molecule has 0 unspecified atom stereocenters. The van der Waals surface area contributed by atoms with Gasteiger partial charge in [-0.05, 0) is 49.3 Å². The van der Waals surface area contributed by atoms with Crippen molar-refractivity contribution in [3.8, 4) is 22.4 Å². The van der Waals surface area contributed by atoms with Gasteiger partial charge in [0.05, 0.1) is 0 Å². The quantitative estimate of drug-likeness (QED) is 0.605. The number of benzene rings is 2. The van der Waals surface area contributed by atoms with E-state index in [1.165, 1.54) is 58.3 Å². The Balaban J connectivity index is 1.88. The van der Waals surface area contributed by atoms with E-state index in [0.717, 1.165) is 6.42 Å². The van der Waals surface area contributed by atoms with Crippen LogP contribution in [0.5, 0.6) is 0 Å². The maximum Gasteiger partial charge on any atom is 0.0495 e. The first-order valence-electron chi connectivity index (χ1n) is 8.18. The Bertz CT molecular complexity index is 793. The summed E-state index contributed by atoms with van der Waals surface area (Å²) in [6.45, 7) is 2.14. The fourth-order valence-electron chi connectivity index (χ4n) is 3.54. The Morgan fingerprint density at radius 3 is 2.45 bits per heavy atom. The SMILES string of the molecule is Cc1ccc(-c2c[nH]c3c2CCCCc2ccccc2-3)cc1. The molecule has 22 heavy (non-hydrogen) atoms. The predicted molar refractivity (Wildman–Crippen MR) is 93.0 cm³/mol. The van der Waals surface area contributed by atoms with Crippen molar-refractivity contribution in [3.05, 3.63) is 71.4 Å². The molecule has 1 aliphatic carbocycles. The van der Waals surface area contributed by atoms with E-state index in [1.807, 2.05) is 0 Å². The number of aromatic nitrogens is 1. The Morgan fingerprint density at radius 2 is 1.59 bits per heavy atom. The number of hydrogen-bond acceptors (Lipinski definition) is 0. The minimum Gasteiger partial charge on any atom is -0.360 e. The number of aromatic amines is 1. The minimum absolute atomic E-state index is 1.16. The average Bonchev–Trinajstić information content (AvgIpc) is 2.93. The summed E-state index contributed by atoms with van der Waals surface area (Å²) < 4.78 is 0. The Kier molecular flexibility index (Phi) is 3.34. The monoisotopic (exact) mass is 287 g/mol. The van der Waals surface area contributed by atoms with E-state index in [0.29, 0.717) is 0 Å². The lowest BCUT2D eigenvalue weighted by molar-refractivity contribution is 0.730. The summed E-state index contributed by atoms with van der Waals surface area (Å²) in [5.74, 6) is 0. The minimum atomic E-state index is 1.16. The number of hydrogen-bond donors (Lipinski definition) is 1. The van der Waals surface area contributed by atoms with Gasteiger partial charge in [-0.1, -0.05) is 54.1 Å². The zero-order valence-electron chi connectivity index (χ0n) is 13.0. The number of H-pyrrole nitrogens is 1. The van der Waals surface area contributed by atoms with Crippen LogP contribution in [0.4, 0.5) is 0 Å². The lowest BCUT2D eigenvalue weighted by Crippen LogP contribution is -1.99. The van der Waals surface area contributed by atoms with Crippen LogP contribution in [0.3, 0.4) is 0 Å². The Hall–Kier alpha value is -2.28. The summed E-state index contributed by atoms with van der Waals surface area (Å²) in [5.41, 5.74) is 9.67. The fourth-order valence-corrected chi connectivity index (χ4v) is 3.54. The van der Waals surface area contributed by atoms with E-state index in [1.54, 1.807) is 0 Å². The summed E-state index contributed by atoms with van der Waals surface area (Å²) in [6, 6.07) is 17.7. The van der Waals surface area contributed by atoms with Crippen LogP contribution in [0.15, 0.2) is 54.7 Å². The van der Waals surface area contributed by atoms with Crippen LogP contribution in [0, 0.1) is 6.92 Å². The predicted octanol–water partition coefficient (Wildman–Crippen LogP) is 5.54. The van der Waals surface area contributed by atoms with Crippen molar-refractivity contribution >= 4 is 0 Å². The molecule has 0 atom stereocenters. The molecule has 1 N–H and O–H groups in total. The van der Waals surface area contributed by atoms with Crippen molar-refractivity contribution in [1.82, 2.24) is 4.98 Å². The highest BCUT2D eigenvalue weighted by Crippen LogP contribution is 2.36. The smallest absolute Gasteiger partial charge is 0.0495 e. The van der Waals surface area contributed by atoms with Crippen molar-refractivity contribution in [2.75, 3.05) is 0 Å². The second kappa shape index (κ2) is 5.49. The number of aryl methyl sites for hydroxylation is 2. The highest BCUT2D eigenvalue weighted by molar-refractivity contribution is 5.78. The van der Waals surface area contributed by atoms with E-state index >= 15 is 0 Å². The highest BCUT2D eigenvalue weighted by atomic mass is 14.7. The van der Waals surface area contributed by atoms with Crippen LogP contribution in [0.2, 0.25) is 0 Å². The van der Waals surface area contributed by atoms with Gasteiger partial charge in [0.25, 0.3) is 0 Å². The Morgan fingerprint density at radius 1 is 0.818 bits per heavy atom. The third kappa shape index (κ3) is 2.27. The van der Waals surface area contributed by atoms with Crippen molar-refractivity contribution in [2.24, 2.45) is 0 Å². The molecule has 4 rings (SSSR count). The zero-order chi connectivity index (χ0) is 14.9. The van der Waals surface area contributed by atoms with Crippen molar-refractivity contribution in [1.29, 1.82) is 0 Å². The van der Waals surface area contributed by atoms with Crippen molar-refractivity contribution in [2.45, 2.75) is 32.6 Å². The van der Waals surface area contributed by atoms with E-state index in [4.69, 9.17) is 0 Å². The van der Waals surface area contributed by atoms with Gasteiger partial charge in [0.1, 0.15) is 0 Å². The van der Waals surface area contributed by atoms with E-state index in [9.17, 15) is 0 Å². The second-order valence-corrected chi connectivity index (χ2v) is 6.29. The Labute approximate surface area is 132 Å². The molecule has 1 heteroatoms. The molecule has 0 fully saturated rings. The summed E-state index contributed by atoms with van der Waals surface area (Å²) in [5, 5.41) is 0. The third-order valence-corrected chi connectivity index (χ3v) is 4.76. The summed E-state index contributed by atoms with van der Waals surface area (Å²) in [6.07, 6.45) is 7.08. The largest absolute Gasteiger partial charge is 0.360 e. The summed E-state index contributed by atoms with van der Waals surface area (Å²) in [7, 11) is 0. The van der Waals surface area contributed by atoms with E-state index in [2.05, 4.69) is 66.6 Å². The molecule has 1 nitrogen and oxygen atoms in total. The van der Waals surface area contributed by atoms with E-state index in [-0.39, 0.29) is 0 Å². The number of nitrogens with one attached hydrogen (secondary N) is 1. The number of fused-ring (bicyclic) bond motifs is 3. The lowest BCUT2D eigenvalue weighted by Gasteiger charge is -2.15. The zero-order valence-corrected chi connectivity index (χ0v) is 13.0. The molecule has 2 aromatic carbocycles. The molecule has 0 spiro atoms. The topological polar surface area (TPSA) is 15.8 Å². The van der Waals surface area contributed by atoms with Gasteiger partial charge in [-0.3, -0.25) is 0 Å². The molecule has 0 bridgehead atoms. The van der Waals surface area contributed by atoms with Gasteiger partial charge >= 0.3 is 0 Å². The highest BCUT2D eigenvalue weighted by Gasteiger charge is 2.18. The van der Waals surface area contributed by atoms with Gasteiger partial charge in [0.2, 0.25) is 0 Å². The molecular formula is C21H21N. The standard InChI is InChI=1S/C21H21N/c1-15-10-12-17(13-11-15)20-14-22-21-18-8-4-2-6-16(18)7-3-5-9-19(20)21/h2,4,6,8,10-14,22H,3,5,7,9H2,1H3. The fraction of sp³-hybridized carbons (Fsp3) is 0.238. The second-order valence-electron chi connectivity index (χ2n) is 6.29. The maximum atomic E-state index is 3.56. The molecule has 0 radical (unpaired) electrons. The van der Waals surface area contributed by atoms with E-state index < -0.39 is 0 Å².